The Morgan fingerprint density at radius 2 is 1.00 bits per heavy atom. The molecule has 0 aliphatic carbocycles. The van der Waals surface area contributed by atoms with Crippen LogP contribution < -0.4 is 0 Å². The SMILES string of the molecule is Cl.Cl.[Ni].[O]=[Mo]=[O]. The molecule has 0 rings (SSSR count). The van der Waals surface area contributed by atoms with Crippen LogP contribution in [0, 0.1) is 0 Å². The van der Waals surface area contributed by atoms with Crippen LogP contribution in [0.2, 0.25) is 0 Å². The second kappa shape index (κ2) is 32.8. The van der Waals surface area contributed by atoms with E-state index in [1.165, 1.54) is 0 Å². The molecule has 0 aromatic rings. The average molecular weight is 260 g/mol. The third-order valence-corrected chi connectivity index (χ3v) is 0. The van der Waals surface area contributed by atoms with Gasteiger partial charge in [-0.25, -0.2) is 0 Å². The van der Waals surface area contributed by atoms with E-state index in [1.54, 1.807) is 0 Å². The molecule has 0 radical (unpaired) electrons. The molecule has 0 saturated heterocycles. The molecule has 6 heteroatoms. The molecule has 0 spiro atoms. The van der Waals surface area contributed by atoms with Crippen LogP contribution >= 0.6 is 24.8 Å². The molecule has 0 aliphatic rings. The summed E-state index contributed by atoms with van der Waals surface area (Å²) in [5.41, 5.74) is 0. The fraction of sp³-hybridized carbons (Fsp3) is 0. The summed E-state index contributed by atoms with van der Waals surface area (Å²) < 4.78 is 17.0. The van der Waals surface area contributed by atoms with Gasteiger partial charge in [0.25, 0.3) is 0 Å². The van der Waals surface area contributed by atoms with Crippen LogP contribution in [-0.2, 0) is 41.8 Å². The topological polar surface area (TPSA) is 34.1 Å². The molecule has 0 aromatic carbocycles. The number of rotatable bonds is 0. The summed E-state index contributed by atoms with van der Waals surface area (Å²) in [5.74, 6) is 0. The Hall–Kier alpha value is 1.36. The van der Waals surface area contributed by atoms with E-state index >= 15 is 0 Å². The van der Waals surface area contributed by atoms with Crippen LogP contribution in [0.25, 0.3) is 0 Å². The zero-order valence-electron chi connectivity index (χ0n) is 2.36. The third-order valence-electron chi connectivity index (χ3n) is 0. The molecule has 0 saturated carbocycles. The van der Waals surface area contributed by atoms with E-state index in [9.17, 15) is 0 Å². The number of halogens is 2. The van der Waals surface area contributed by atoms with Gasteiger partial charge in [-0.15, -0.1) is 24.8 Å². The molecular formula is H2Cl2MoNiO2. The third kappa shape index (κ3) is 55.0. The molecule has 2 nitrogen and oxygen atoms in total. The van der Waals surface area contributed by atoms with Gasteiger partial charge in [0.1, 0.15) is 0 Å². The van der Waals surface area contributed by atoms with Gasteiger partial charge >= 0.3 is 25.3 Å². The van der Waals surface area contributed by atoms with E-state index in [-0.39, 0.29) is 41.3 Å². The molecule has 0 fully saturated rings. The number of hydrogen-bond donors (Lipinski definition) is 0. The summed E-state index contributed by atoms with van der Waals surface area (Å²) >= 11 is -2.03. The van der Waals surface area contributed by atoms with Gasteiger partial charge in [-0.2, -0.15) is 0 Å². The molecule has 0 amide bonds. The first-order chi connectivity index (χ1) is 1.41. The van der Waals surface area contributed by atoms with E-state index in [0.29, 0.717) is 0 Å². The fourth-order valence-corrected chi connectivity index (χ4v) is 0. The van der Waals surface area contributed by atoms with Crippen molar-refractivity contribution in [1.82, 2.24) is 0 Å². The van der Waals surface area contributed by atoms with Gasteiger partial charge in [0.15, 0.2) is 0 Å². The van der Waals surface area contributed by atoms with Crippen molar-refractivity contribution >= 4 is 24.8 Å². The monoisotopic (exact) mass is 260 g/mol. The van der Waals surface area contributed by atoms with E-state index < -0.39 is 18.5 Å². The minimum atomic E-state index is -2.03. The average Bonchev–Trinajstić information content (AvgIpc) is 0.918. The van der Waals surface area contributed by atoms with Crippen LogP contribution in [0.5, 0.6) is 0 Å². The van der Waals surface area contributed by atoms with Gasteiger partial charge in [-0.05, 0) is 0 Å². The zero-order chi connectivity index (χ0) is 2.71. The van der Waals surface area contributed by atoms with Gasteiger partial charge in [0.05, 0.1) is 0 Å². The van der Waals surface area contributed by atoms with E-state index in [4.69, 9.17) is 6.80 Å². The van der Waals surface area contributed by atoms with Crippen LogP contribution in [0.15, 0.2) is 0 Å². The molecule has 0 unspecified atom stereocenters. The quantitative estimate of drug-likeness (QED) is 0.597. The summed E-state index contributed by atoms with van der Waals surface area (Å²) in [7, 11) is 0. The summed E-state index contributed by atoms with van der Waals surface area (Å²) in [6, 6.07) is 0. The first-order valence-electron chi connectivity index (χ1n) is 0.333. The summed E-state index contributed by atoms with van der Waals surface area (Å²) in [4.78, 5) is 0. The Kier molecular flexibility index (Phi) is 144. The van der Waals surface area contributed by atoms with Gasteiger partial charge in [0.2, 0.25) is 0 Å². The van der Waals surface area contributed by atoms with Crippen LogP contribution in [0.1, 0.15) is 0 Å². The molecule has 6 heavy (non-hydrogen) atoms. The van der Waals surface area contributed by atoms with Crippen LogP contribution in [0.4, 0.5) is 0 Å². The first-order valence-corrected chi connectivity index (χ1v) is 1.97. The standard InChI is InChI=1S/2ClH.Mo.Ni.2O/h2*1H;;;;. The predicted octanol–water partition coefficient (Wildman–Crippen LogP) is 0.601. The van der Waals surface area contributed by atoms with Crippen molar-refractivity contribution in [1.29, 1.82) is 0 Å². The van der Waals surface area contributed by atoms with Crippen molar-refractivity contribution < 1.29 is 41.8 Å². The summed E-state index contributed by atoms with van der Waals surface area (Å²) in [5, 5.41) is 0. The molecule has 0 heterocycles. The van der Waals surface area contributed by atoms with Gasteiger partial charge in [-0.3, -0.25) is 0 Å². The molecule has 44 valence electrons. The minimum absolute atomic E-state index is 0. The van der Waals surface area contributed by atoms with Gasteiger partial charge in [-0.1, -0.05) is 0 Å². The van der Waals surface area contributed by atoms with Gasteiger partial charge < -0.3 is 0 Å². The summed E-state index contributed by atoms with van der Waals surface area (Å²) in [6.45, 7) is 0. The molecule has 0 atom stereocenters. The maximum absolute atomic E-state index is 8.50. The Balaban J connectivity index is -0.00000000667. The molecule has 0 bridgehead atoms. The van der Waals surface area contributed by atoms with E-state index in [2.05, 4.69) is 0 Å². The van der Waals surface area contributed by atoms with Crippen LogP contribution in [-0.4, -0.2) is 0 Å². The Morgan fingerprint density at radius 1 is 1.00 bits per heavy atom. The zero-order valence-corrected chi connectivity index (χ0v) is 6.99. The van der Waals surface area contributed by atoms with Gasteiger partial charge in [0, 0.05) is 16.5 Å². The van der Waals surface area contributed by atoms with Crippen molar-refractivity contribution in [2.45, 2.75) is 0 Å². The Labute approximate surface area is 66.3 Å². The Bertz CT molecular complexity index is 32.5. The van der Waals surface area contributed by atoms with Crippen molar-refractivity contribution in [3.05, 3.63) is 0 Å². The van der Waals surface area contributed by atoms with E-state index in [0.717, 1.165) is 0 Å². The molecule has 0 N–H and O–H groups in total. The second-order valence-electron chi connectivity index (χ2n) is 0.0680. The van der Waals surface area contributed by atoms with Crippen molar-refractivity contribution in [2.75, 3.05) is 0 Å². The van der Waals surface area contributed by atoms with Crippen molar-refractivity contribution in [3.8, 4) is 0 Å². The maximum atomic E-state index is 8.50. The predicted molar refractivity (Wildman–Crippen MR) is 15.9 cm³/mol. The molecule has 0 aromatic heterocycles. The first kappa shape index (κ1) is 26.4. The van der Waals surface area contributed by atoms with Crippen LogP contribution in [0.3, 0.4) is 0 Å². The molecular weight excluding hydrogens is 258 g/mol. The van der Waals surface area contributed by atoms with E-state index in [1.807, 2.05) is 0 Å². The van der Waals surface area contributed by atoms with Crippen molar-refractivity contribution in [2.24, 2.45) is 0 Å². The van der Waals surface area contributed by atoms with Crippen molar-refractivity contribution in [3.63, 3.8) is 0 Å². The second-order valence-corrected chi connectivity index (χ2v) is 0.403. The summed E-state index contributed by atoms with van der Waals surface area (Å²) in [6.07, 6.45) is 0. The Morgan fingerprint density at radius 3 is 1.00 bits per heavy atom. The number of hydrogen-bond acceptors (Lipinski definition) is 2. The normalized spacial score (nSPS) is 2.00. The fourth-order valence-electron chi connectivity index (χ4n) is 0. The molecule has 0 aliphatic heterocycles.